The zero-order valence-corrected chi connectivity index (χ0v) is 12.5. The Morgan fingerprint density at radius 2 is 1.74 bits per heavy atom. The summed E-state index contributed by atoms with van der Waals surface area (Å²) >= 11 is 0. The zero-order chi connectivity index (χ0) is 16.9. The summed E-state index contributed by atoms with van der Waals surface area (Å²) in [5.74, 6) is 0.324. The van der Waals surface area contributed by atoms with Crippen LogP contribution >= 0.6 is 0 Å². The maximum Gasteiger partial charge on any atom is 0.416 e. The van der Waals surface area contributed by atoms with Crippen molar-refractivity contribution in [3.8, 4) is 5.75 Å². The lowest BCUT2D eigenvalue weighted by Gasteiger charge is -2.10. The Bertz CT molecular complexity index is 666. The van der Waals surface area contributed by atoms with Gasteiger partial charge >= 0.3 is 6.18 Å². The molecule has 6 heteroatoms. The number of para-hydroxylation sites is 1. The van der Waals surface area contributed by atoms with E-state index in [9.17, 15) is 18.0 Å². The molecular formula is C17H16F3NO2. The molecule has 3 nitrogen and oxygen atoms in total. The summed E-state index contributed by atoms with van der Waals surface area (Å²) in [4.78, 5) is 11.9. The average molecular weight is 323 g/mol. The molecule has 0 aliphatic rings. The number of hydrogen-bond donors (Lipinski definition) is 1. The molecule has 0 aliphatic carbocycles. The minimum absolute atomic E-state index is 0.193. The van der Waals surface area contributed by atoms with Crippen LogP contribution < -0.4 is 10.1 Å². The van der Waals surface area contributed by atoms with Crippen LogP contribution in [0.1, 0.15) is 21.5 Å². The van der Waals surface area contributed by atoms with Crippen molar-refractivity contribution < 1.29 is 22.7 Å². The molecule has 0 heterocycles. The molecule has 1 amide bonds. The molecule has 2 aromatic rings. The fourth-order valence-electron chi connectivity index (χ4n) is 2.13. The van der Waals surface area contributed by atoms with E-state index >= 15 is 0 Å². The summed E-state index contributed by atoms with van der Waals surface area (Å²) in [5, 5.41) is 2.68. The summed E-state index contributed by atoms with van der Waals surface area (Å²) in [6, 6.07) is 11.6. The predicted molar refractivity (Wildman–Crippen MR) is 80.5 cm³/mol. The number of carbonyl (C=O) groups is 1. The fourth-order valence-corrected chi connectivity index (χ4v) is 2.13. The first-order chi connectivity index (χ1) is 10.9. The highest BCUT2D eigenvalue weighted by Gasteiger charge is 2.30. The summed E-state index contributed by atoms with van der Waals surface area (Å²) in [6.07, 6.45) is -3.84. The number of methoxy groups -OCH3 is 1. The normalized spacial score (nSPS) is 11.1. The van der Waals surface area contributed by atoms with Gasteiger partial charge in [-0.25, -0.2) is 0 Å². The van der Waals surface area contributed by atoms with Crippen LogP contribution in [0.2, 0.25) is 0 Å². The maximum absolute atomic E-state index is 12.5. The Kier molecular flexibility index (Phi) is 5.26. The van der Waals surface area contributed by atoms with Crippen molar-refractivity contribution in [1.29, 1.82) is 0 Å². The third-order valence-corrected chi connectivity index (χ3v) is 3.35. The largest absolute Gasteiger partial charge is 0.496 e. The number of halogens is 3. The molecule has 0 spiro atoms. The van der Waals surface area contributed by atoms with Crippen LogP contribution in [0, 0.1) is 0 Å². The second kappa shape index (κ2) is 7.17. The molecule has 122 valence electrons. The molecule has 0 saturated heterocycles. The molecule has 2 aromatic carbocycles. The molecule has 0 radical (unpaired) electrons. The van der Waals surface area contributed by atoms with Crippen LogP contribution in [0.15, 0.2) is 48.5 Å². The van der Waals surface area contributed by atoms with E-state index < -0.39 is 17.6 Å². The lowest BCUT2D eigenvalue weighted by atomic mass is 10.1. The number of ether oxygens (including phenoxy) is 1. The minimum Gasteiger partial charge on any atom is -0.496 e. The van der Waals surface area contributed by atoms with E-state index in [2.05, 4.69) is 5.32 Å². The molecule has 0 bridgehead atoms. The number of alkyl halides is 3. The lowest BCUT2D eigenvalue weighted by molar-refractivity contribution is -0.137. The molecule has 1 N–H and O–H groups in total. The maximum atomic E-state index is 12.5. The summed E-state index contributed by atoms with van der Waals surface area (Å²) < 4.78 is 42.6. The van der Waals surface area contributed by atoms with Gasteiger partial charge in [0.1, 0.15) is 5.75 Å². The van der Waals surface area contributed by atoms with Gasteiger partial charge in [0.25, 0.3) is 5.91 Å². The van der Waals surface area contributed by atoms with Gasteiger partial charge in [0.2, 0.25) is 0 Å². The molecule has 0 fully saturated rings. The Balaban J connectivity index is 1.92. The second-order valence-corrected chi connectivity index (χ2v) is 4.89. The highest BCUT2D eigenvalue weighted by atomic mass is 19.4. The van der Waals surface area contributed by atoms with Gasteiger partial charge < -0.3 is 10.1 Å². The molecule has 0 saturated carbocycles. The van der Waals surface area contributed by atoms with Crippen LogP contribution in [0.4, 0.5) is 13.2 Å². The van der Waals surface area contributed by atoms with Gasteiger partial charge in [0.05, 0.1) is 12.7 Å². The van der Waals surface area contributed by atoms with Gasteiger partial charge in [-0.15, -0.1) is 0 Å². The standard InChI is InChI=1S/C17H16F3NO2/c1-23-15-5-3-2-4-12(15)10-11-21-16(22)13-6-8-14(9-7-13)17(18,19)20/h2-9H,10-11H2,1H3,(H,21,22). The summed E-state index contributed by atoms with van der Waals surface area (Å²) in [7, 11) is 1.57. The van der Waals surface area contributed by atoms with Crippen molar-refractivity contribution in [1.82, 2.24) is 5.32 Å². The van der Waals surface area contributed by atoms with Crippen LogP contribution in [0.5, 0.6) is 5.75 Å². The Morgan fingerprint density at radius 3 is 2.35 bits per heavy atom. The number of rotatable bonds is 5. The third-order valence-electron chi connectivity index (χ3n) is 3.35. The fraction of sp³-hybridized carbons (Fsp3) is 0.235. The number of benzene rings is 2. The van der Waals surface area contributed by atoms with Crippen molar-refractivity contribution in [2.75, 3.05) is 13.7 Å². The molecule has 0 aromatic heterocycles. The molecular weight excluding hydrogens is 307 g/mol. The van der Waals surface area contributed by atoms with Gasteiger partial charge in [-0.2, -0.15) is 13.2 Å². The predicted octanol–water partition coefficient (Wildman–Crippen LogP) is 3.69. The van der Waals surface area contributed by atoms with E-state index in [0.717, 1.165) is 23.4 Å². The quantitative estimate of drug-likeness (QED) is 0.911. The van der Waals surface area contributed by atoms with Crippen LogP contribution in [-0.2, 0) is 12.6 Å². The first-order valence-electron chi connectivity index (χ1n) is 6.99. The van der Waals surface area contributed by atoms with Gasteiger partial charge in [-0.3, -0.25) is 4.79 Å². The van der Waals surface area contributed by atoms with E-state index in [0.29, 0.717) is 13.0 Å². The Hall–Kier alpha value is -2.50. The number of nitrogens with one attached hydrogen (secondary N) is 1. The summed E-state index contributed by atoms with van der Waals surface area (Å²) in [5.41, 5.74) is 0.365. The number of hydrogen-bond acceptors (Lipinski definition) is 2. The van der Waals surface area contributed by atoms with E-state index in [4.69, 9.17) is 4.74 Å². The van der Waals surface area contributed by atoms with E-state index in [1.165, 1.54) is 12.1 Å². The summed E-state index contributed by atoms with van der Waals surface area (Å²) in [6.45, 7) is 0.361. The van der Waals surface area contributed by atoms with Crippen molar-refractivity contribution in [2.24, 2.45) is 0 Å². The van der Waals surface area contributed by atoms with Crippen LogP contribution in [0.3, 0.4) is 0 Å². The molecule has 23 heavy (non-hydrogen) atoms. The number of amides is 1. The minimum atomic E-state index is -4.40. The smallest absolute Gasteiger partial charge is 0.416 e. The molecule has 0 unspecified atom stereocenters. The van der Waals surface area contributed by atoms with E-state index in [1.54, 1.807) is 7.11 Å². The average Bonchev–Trinajstić information content (AvgIpc) is 2.54. The van der Waals surface area contributed by atoms with Crippen molar-refractivity contribution in [2.45, 2.75) is 12.6 Å². The monoisotopic (exact) mass is 323 g/mol. The van der Waals surface area contributed by atoms with E-state index in [-0.39, 0.29) is 5.56 Å². The first-order valence-corrected chi connectivity index (χ1v) is 6.99. The third kappa shape index (κ3) is 4.48. The van der Waals surface area contributed by atoms with Crippen molar-refractivity contribution in [3.05, 3.63) is 65.2 Å². The highest BCUT2D eigenvalue weighted by Crippen LogP contribution is 2.29. The highest BCUT2D eigenvalue weighted by molar-refractivity contribution is 5.94. The van der Waals surface area contributed by atoms with Crippen LogP contribution in [-0.4, -0.2) is 19.6 Å². The lowest BCUT2D eigenvalue weighted by Crippen LogP contribution is -2.25. The molecule has 2 rings (SSSR count). The van der Waals surface area contributed by atoms with Gasteiger partial charge in [-0.05, 0) is 42.3 Å². The zero-order valence-electron chi connectivity index (χ0n) is 12.5. The van der Waals surface area contributed by atoms with Crippen molar-refractivity contribution in [3.63, 3.8) is 0 Å². The second-order valence-electron chi connectivity index (χ2n) is 4.89. The number of carbonyl (C=O) groups excluding carboxylic acids is 1. The van der Waals surface area contributed by atoms with Gasteiger partial charge in [0.15, 0.2) is 0 Å². The molecule has 0 atom stereocenters. The van der Waals surface area contributed by atoms with E-state index in [1.807, 2.05) is 24.3 Å². The Morgan fingerprint density at radius 1 is 1.09 bits per heavy atom. The molecule has 0 aliphatic heterocycles. The topological polar surface area (TPSA) is 38.3 Å². The SMILES string of the molecule is COc1ccccc1CCNC(=O)c1ccc(C(F)(F)F)cc1. The first kappa shape index (κ1) is 16.9. The van der Waals surface area contributed by atoms with Gasteiger partial charge in [0, 0.05) is 12.1 Å². The van der Waals surface area contributed by atoms with Crippen LogP contribution in [0.25, 0.3) is 0 Å². The van der Waals surface area contributed by atoms with Gasteiger partial charge in [-0.1, -0.05) is 18.2 Å². The Labute approximate surface area is 132 Å². The van der Waals surface area contributed by atoms with Crippen molar-refractivity contribution >= 4 is 5.91 Å².